The van der Waals surface area contributed by atoms with Crippen LogP contribution < -0.4 is 5.32 Å². The van der Waals surface area contributed by atoms with Crippen molar-refractivity contribution in [3.05, 3.63) is 52.0 Å². The van der Waals surface area contributed by atoms with Gasteiger partial charge in [-0.15, -0.1) is 21.5 Å². The van der Waals surface area contributed by atoms with Gasteiger partial charge in [0, 0.05) is 22.7 Å². The molecule has 3 aromatic rings. The van der Waals surface area contributed by atoms with Gasteiger partial charge < -0.3 is 9.88 Å². The van der Waals surface area contributed by atoms with Gasteiger partial charge in [0.15, 0.2) is 5.82 Å². The Morgan fingerprint density at radius 3 is 2.83 bits per heavy atom. The highest BCUT2D eigenvalue weighted by Crippen LogP contribution is 2.25. The summed E-state index contributed by atoms with van der Waals surface area (Å²) in [4.78, 5) is 14.4. The van der Waals surface area contributed by atoms with Crippen LogP contribution >= 0.6 is 11.3 Å². The van der Waals surface area contributed by atoms with Crippen LogP contribution in [-0.2, 0) is 13.0 Å². The van der Waals surface area contributed by atoms with Crippen molar-refractivity contribution in [3.8, 4) is 11.4 Å². The molecule has 6 heteroatoms. The zero-order chi connectivity index (χ0) is 17.1. The Bertz CT molecular complexity index is 866. The molecule has 124 valence electrons. The summed E-state index contributed by atoms with van der Waals surface area (Å²) in [7, 11) is 0. The second-order valence-electron chi connectivity index (χ2n) is 5.52. The van der Waals surface area contributed by atoms with Crippen molar-refractivity contribution in [2.45, 2.75) is 33.7 Å². The molecule has 0 fully saturated rings. The van der Waals surface area contributed by atoms with Gasteiger partial charge in [0.25, 0.3) is 5.91 Å². The van der Waals surface area contributed by atoms with E-state index in [-0.39, 0.29) is 5.91 Å². The number of nitrogens with zero attached hydrogens (tertiary/aromatic N) is 3. The number of anilines is 1. The quantitative estimate of drug-likeness (QED) is 0.759. The monoisotopic (exact) mass is 340 g/mol. The molecule has 1 aromatic carbocycles. The lowest BCUT2D eigenvalue weighted by Crippen LogP contribution is -2.10. The summed E-state index contributed by atoms with van der Waals surface area (Å²) >= 11 is 1.54. The molecule has 0 aliphatic heterocycles. The third kappa shape index (κ3) is 3.23. The number of hydrogen-bond donors (Lipinski definition) is 1. The van der Waals surface area contributed by atoms with Crippen molar-refractivity contribution in [1.29, 1.82) is 0 Å². The summed E-state index contributed by atoms with van der Waals surface area (Å²) in [5, 5.41) is 11.1. The lowest BCUT2D eigenvalue weighted by atomic mass is 10.1. The SMILES string of the molecule is CCc1cc(C(=O)Nc2cccc(-c3nncn3CC)c2)sc1C. The van der Waals surface area contributed by atoms with E-state index in [1.165, 1.54) is 21.8 Å². The number of rotatable bonds is 5. The van der Waals surface area contributed by atoms with Crippen LogP contribution in [0.3, 0.4) is 0 Å². The normalized spacial score (nSPS) is 10.8. The van der Waals surface area contributed by atoms with E-state index in [0.29, 0.717) is 0 Å². The van der Waals surface area contributed by atoms with Crippen LogP contribution in [0.4, 0.5) is 5.69 Å². The minimum absolute atomic E-state index is 0.0723. The molecular formula is C18H20N4OS. The molecule has 24 heavy (non-hydrogen) atoms. The third-order valence-corrected chi connectivity index (χ3v) is 5.05. The molecule has 0 aliphatic carbocycles. The van der Waals surface area contributed by atoms with E-state index in [1.807, 2.05) is 41.8 Å². The fraction of sp³-hybridized carbons (Fsp3) is 0.278. The van der Waals surface area contributed by atoms with E-state index in [9.17, 15) is 4.79 Å². The van der Waals surface area contributed by atoms with E-state index in [0.717, 1.165) is 34.9 Å². The zero-order valence-corrected chi connectivity index (χ0v) is 14.9. The van der Waals surface area contributed by atoms with Crippen molar-refractivity contribution in [1.82, 2.24) is 14.8 Å². The average molecular weight is 340 g/mol. The number of aryl methyl sites for hydroxylation is 3. The predicted molar refractivity (Wildman–Crippen MR) is 97.5 cm³/mol. The Morgan fingerprint density at radius 2 is 2.12 bits per heavy atom. The molecule has 0 unspecified atom stereocenters. The summed E-state index contributed by atoms with van der Waals surface area (Å²) in [5.74, 6) is 0.728. The number of nitrogens with one attached hydrogen (secondary N) is 1. The number of carbonyl (C=O) groups excluding carboxylic acids is 1. The molecule has 5 nitrogen and oxygen atoms in total. The van der Waals surface area contributed by atoms with E-state index in [1.54, 1.807) is 6.33 Å². The van der Waals surface area contributed by atoms with Gasteiger partial charge in [-0.2, -0.15) is 0 Å². The first-order valence-electron chi connectivity index (χ1n) is 8.01. The number of aromatic nitrogens is 3. The maximum atomic E-state index is 12.5. The maximum absolute atomic E-state index is 12.5. The van der Waals surface area contributed by atoms with Crippen molar-refractivity contribution in [3.63, 3.8) is 0 Å². The molecule has 0 aliphatic rings. The Kier molecular flexibility index (Phi) is 4.76. The third-order valence-electron chi connectivity index (χ3n) is 3.96. The Hall–Kier alpha value is -2.47. The topological polar surface area (TPSA) is 59.8 Å². The molecule has 1 N–H and O–H groups in total. The van der Waals surface area contributed by atoms with Crippen molar-refractivity contribution >= 4 is 22.9 Å². The molecule has 2 aromatic heterocycles. The summed E-state index contributed by atoms with van der Waals surface area (Å²) < 4.78 is 1.97. The largest absolute Gasteiger partial charge is 0.321 e. The maximum Gasteiger partial charge on any atom is 0.265 e. The first-order chi connectivity index (χ1) is 11.6. The molecule has 0 bridgehead atoms. The van der Waals surface area contributed by atoms with Gasteiger partial charge >= 0.3 is 0 Å². The Labute approximate surface area is 145 Å². The van der Waals surface area contributed by atoms with Gasteiger partial charge in [-0.25, -0.2) is 0 Å². The van der Waals surface area contributed by atoms with Crippen molar-refractivity contribution < 1.29 is 4.79 Å². The predicted octanol–water partition coefficient (Wildman–Crippen LogP) is 4.15. The molecule has 0 radical (unpaired) electrons. The van der Waals surface area contributed by atoms with Gasteiger partial charge in [-0.1, -0.05) is 19.1 Å². The van der Waals surface area contributed by atoms with Gasteiger partial charge in [0.05, 0.1) is 4.88 Å². The number of hydrogen-bond acceptors (Lipinski definition) is 4. The first kappa shape index (κ1) is 16.4. The Balaban J connectivity index is 1.83. The minimum atomic E-state index is -0.0723. The molecule has 0 spiro atoms. The second-order valence-corrected chi connectivity index (χ2v) is 6.78. The summed E-state index contributed by atoms with van der Waals surface area (Å²) in [6, 6.07) is 9.67. The second kappa shape index (κ2) is 6.97. The molecule has 3 rings (SSSR count). The van der Waals surface area contributed by atoms with Crippen LogP contribution in [0.25, 0.3) is 11.4 Å². The van der Waals surface area contributed by atoms with Crippen LogP contribution in [0.1, 0.15) is 34.0 Å². The molecule has 2 heterocycles. The van der Waals surface area contributed by atoms with Crippen LogP contribution in [0.2, 0.25) is 0 Å². The Morgan fingerprint density at radius 1 is 1.29 bits per heavy atom. The number of thiophene rings is 1. The lowest BCUT2D eigenvalue weighted by molar-refractivity contribution is 0.103. The smallest absolute Gasteiger partial charge is 0.265 e. The number of benzene rings is 1. The van der Waals surface area contributed by atoms with Crippen LogP contribution in [-0.4, -0.2) is 20.7 Å². The van der Waals surface area contributed by atoms with E-state index >= 15 is 0 Å². The molecule has 0 saturated heterocycles. The van der Waals surface area contributed by atoms with E-state index in [2.05, 4.69) is 29.4 Å². The van der Waals surface area contributed by atoms with Crippen LogP contribution in [0, 0.1) is 6.92 Å². The highest BCUT2D eigenvalue weighted by molar-refractivity contribution is 7.14. The van der Waals surface area contributed by atoms with Gasteiger partial charge in [-0.05, 0) is 44.0 Å². The minimum Gasteiger partial charge on any atom is -0.321 e. The fourth-order valence-corrected chi connectivity index (χ4v) is 3.63. The number of carbonyl (C=O) groups is 1. The van der Waals surface area contributed by atoms with Crippen LogP contribution in [0.15, 0.2) is 36.7 Å². The van der Waals surface area contributed by atoms with Crippen molar-refractivity contribution in [2.24, 2.45) is 0 Å². The van der Waals surface area contributed by atoms with E-state index < -0.39 is 0 Å². The summed E-state index contributed by atoms with van der Waals surface area (Å²) in [5.41, 5.74) is 2.92. The summed E-state index contributed by atoms with van der Waals surface area (Å²) in [6.45, 7) is 7.00. The standard InChI is InChI=1S/C18H20N4OS/c1-4-13-10-16(24-12(13)3)18(23)20-15-8-6-7-14(9-15)17-21-19-11-22(17)5-2/h6-11H,4-5H2,1-3H3,(H,20,23). The van der Waals surface area contributed by atoms with Crippen molar-refractivity contribution in [2.75, 3.05) is 5.32 Å². The zero-order valence-electron chi connectivity index (χ0n) is 14.0. The highest BCUT2D eigenvalue weighted by atomic mass is 32.1. The number of amides is 1. The molecule has 1 amide bonds. The molecular weight excluding hydrogens is 320 g/mol. The fourth-order valence-electron chi connectivity index (χ4n) is 2.62. The molecule has 0 atom stereocenters. The molecule has 0 saturated carbocycles. The van der Waals surface area contributed by atoms with Gasteiger partial charge in [0.1, 0.15) is 6.33 Å². The summed E-state index contributed by atoms with van der Waals surface area (Å²) in [6.07, 6.45) is 2.65. The highest BCUT2D eigenvalue weighted by Gasteiger charge is 2.13. The van der Waals surface area contributed by atoms with Gasteiger partial charge in [-0.3, -0.25) is 4.79 Å². The first-order valence-corrected chi connectivity index (χ1v) is 8.83. The average Bonchev–Trinajstić information content (AvgIpc) is 3.21. The van der Waals surface area contributed by atoms with Gasteiger partial charge in [0.2, 0.25) is 0 Å². The van der Waals surface area contributed by atoms with E-state index in [4.69, 9.17) is 0 Å². The van der Waals surface area contributed by atoms with Crippen LogP contribution in [0.5, 0.6) is 0 Å². The lowest BCUT2D eigenvalue weighted by Gasteiger charge is -2.07.